The van der Waals surface area contributed by atoms with E-state index < -0.39 is 0 Å². The summed E-state index contributed by atoms with van der Waals surface area (Å²) in [6.45, 7) is -0.0658. The van der Waals surface area contributed by atoms with Gasteiger partial charge in [-0.25, -0.2) is 9.67 Å². The monoisotopic (exact) mass is 330 g/mol. The Bertz CT molecular complexity index is 783. The summed E-state index contributed by atoms with van der Waals surface area (Å²) in [4.78, 5) is 29.8. The third-order valence-electron chi connectivity index (χ3n) is 4.27. The minimum absolute atomic E-state index is 0.0658. The fraction of sp³-hybridized carbons (Fsp3) is 0.500. The van der Waals surface area contributed by atoms with Crippen LogP contribution in [0.3, 0.4) is 0 Å². The smallest absolute Gasteiger partial charge is 0.267 e. The van der Waals surface area contributed by atoms with Crippen LogP contribution in [-0.4, -0.2) is 20.7 Å². The van der Waals surface area contributed by atoms with Gasteiger partial charge in [0.05, 0.1) is 11.4 Å². The lowest BCUT2D eigenvalue weighted by Gasteiger charge is -2.06. The van der Waals surface area contributed by atoms with Crippen LogP contribution in [0.1, 0.15) is 47.9 Å². The number of fused-ring (bicyclic) bond motifs is 1. The van der Waals surface area contributed by atoms with Gasteiger partial charge in [0.1, 0.15) is 6.54 Å². The van der Waals surface area contributed by atoms with Crippen molar-refractivity contribution in [2.24, 2.45) is 0 Å². The van der Waals surface area contributed by atoms with E-state index in [1.165, 1.54) is 22.0 Å². The van der Waals surface area contributed by atoms with Crippen molar-refractivity contribution < 1.29 is 4.79 Å². The fourth-order valence-corrected chi connectivity index (χ4v) is 3.94. The molecule has 6 nitrogen and oxygen atoms in total. The fourth-order valence-electron chi connectivity index (χ4n) is 2.88. The first-order chi connectivity index (χ1) is 11.2. The molecule has 0 atom stereocenters. The summed E-state index contributed by atoms with van der Waals surface area (Å²) in [5.74, 6) is 0.203. The highest BCUT2D eigenvalue weighted by molar-refractivity contribution is 7.15. The molecular weight excluding hydrogens is 312 g/mol. The molecule has 0 unspecified atom stereocenters. The van der Waals surface area contributed by atoms with Crippen LogP contribution >= 0.6 is 11.3 Å². The van der Waals surface area contributed by atoms with Crippen molar-refractivity contribution in [1.82, 2.24) is 14.8 Å². The first kappa shape index (κ1) is 14.6. The van der Waals surface area contributed by atoms with Crippen molar-refractivity contribution in [2.75, 3.05) is 5.32 Å². The number of thiazole rings is 1. The first-order valence-electron chi connectivity index (χ1n) is 8.05. The van der Waals surface area contributed by atoms with Crippen molar-refractivity contribution in [1.29, 1.82) is 0 Å². The molecule has 23 heavy (non-hydrogen) atoms. The van der Waals surface area contributed by atoms with Crippen molar-refractivity contribution in [3.05, 3.63) is 38.8 Å². The zero-order valence-electron chi connectivity index (χ0n) is 12.7. The summed E-state index contributed by atoms with van der Waals surface area (Å²) in [5, 5.41) is 7.75. The lowest BCUT2D eigenvalue weighted by Crippen LogP contribution is -2.29. The summed E-state index contributed by atoms with van der Waals surface area (Å²) in [6.07, 6.45) is 6.62. The molecule has 4 rings (SSSR count). The van der Waals surface area contributed by atoms with Gasteiger partial charge in [-0.1, -0.05) is 0 Å². The Kier molecular flexibility index (Phi) is 3.72. The average Bonchev–Trinajstić information content (AvgIpc) is 3.29. The van der Waals surface area contributed by atoms with Gasteiger partial charge in [0.2, 0.25) is 5.91 Å². The van der Waals surface area contributed by atoms with Crippen LogP contribution in [0.5, 0.6) is 0 Å². The Morgan fingerprint density at radius 1 is 1.30 bits per heavy atom. The van der Waals surface area contributed by atoms with Crippen molar-refractivity contribution >= 4 is 22.4 Å². The Morgan fingerprint density at radius 3 is 2.91 bits per heavy atom. The highest BCUT2D eigenvalue weighted by Crippen LogP contribution is 2.38. The molecule has 0 saturated heterocycles. The van der Waals surface area contributed by atoms with E-state index >= 15 is 0 Å². The van der Waals surface area contributed by atoms with Crippen LogP contribution in [0.2, 0.25) is 0 Å². The number of carbonyl (C=O) groups is 1. The molecule has 1 N–H and O–H groups in total. The Balaban J connectivity index is 1.46. The van der Waals surface area contributed by atoms with Gasteiger partial charge < -0.3 is 5.32 Å². The van der Waals surface area contributed by atoms with E-state index in [1.807, 2.05) is 0 Å². The predicted molar refractivity (Wildman–Crippen MR) is 87.9 cm³/mol. The zero-order chi connectivity index (χ0) is 15.8. The van der Waals surface area contributed by atoms with Gasteiger partial charge in [0.15, 0.2) is 5.13 Å². The molecule has 120 valence electrons. The quantitative estimate of drug-likeness (QED) is 0.931. The van der Waals surface area contributed by atoms with Crippen LogP contribution in [0.4, 0.5) is 5.13 Å². The Morgan fingerprint density at radius 2 is 2.13 bits per heavy atom. The maximum Gasteiger partial charge on any atom is 0.267 e. The second-order valence-corrected chi connectivity index (χ2v) is 7.26. The number of amides is 1. The van der Waals surface area contributed by atoms with E-state index in [0.717, 1.165) is 43.5 Å². The average molecular weight is 330 g/mol. The zero-order valence-corrected chi connectivity index (χ0v) is 13.6. The number of hydrogen-bond acceptors (Lipinski definition) is 5. The molecule has 2 aromatic rings. The van der Waals surface area contributed by atoms with Gasteiger partial charge in [-0.3, -0.25) is 9.59 Å². The van der Waals surface area contributed by atoms with Gasteiger partial charge >= 0.3 is 0 Å². The standard InChI is InChI=1S/C16H18N4O2S/c21-14(18-16-17-12-3-1-2-4-13(12)23-16)9-20-15(22)8-7-11(19-20)10-5-6-10/h7-8,10H,1-6,9H2,(H,17,18,21). The SMILES string of the molecule is O=C(Cn1nc(C2CC2)ccc1=O)Nc1nc2c(s1)CCCC2. The molecule has 0 aliphatic heterocycles. The number of aryl methyl sites for hydroxylation is 2. The van der Waals surface area contributed by atoms with Crippen LogP contribution in [0.25, 0.3) is 0 Å². The Labute approximate surface area is 137 Å². The number of carbonyl (C=O) groups excluding carboxylic acids is 1. The van der Waals surface area contributed by atoms with Gasteiger partial charge in [-0.15, -0.1) is 11.3 Å². The molecule has 2 aliphatic rings. The second-order valence-electron chi connectivity index (χ2n) is 6.17. The Hall–Kier alpha value is -2.02. The molecule has 0 bridgehead atoms. The van der Waals surface area contributed by atoms with E-state index in [9.17, 15) is 9.59 Å². The minimum atomic E-state index is -0.251. The molecule has 0 aromatic carbocycles. The maximum atomic E-state index is 12.2. The van der Waals surface area contributed by atoms with E-state index in [2.05, 4.69) is 15.4 Å². The topological polar surface area (TPSA) is 76.9 Å². The molecule has 2 heterocycles. The first-order valence-corrected chi connectivity index (χ1v) is 8.87. The van der Waals surface area contributed by atoms with Gasteiger partial charge in [0.25, 0.3) is 5.56 Å². The number of hydrogen-bond donors (Lipinski definition) is 1. The van der Waals surface area contributed by atoms with Crippen molar-refractivity contribution in [2.45, 2.75) is 51.0 Å². The van der Waals surface area contributed by atoms with Crippen LogP contribution in [0.15, 0.2) is 16.9 Å². The third kappa shape index (κ3) is 3.19. The van der Waals surface area contributed by atoms with Crippen molar-refractivity contribution in [3.8, 4) is 0 Å². The van der Waals surface area contributed by atoms with E-state index in [0.29, 0.717) is 11.0 Å². The molecule has 1 amide bonds. The summed E-state index contributed by atoms with van der Waals surface area (Å²) in [7, 11) is 0. The number of nitrogens with one attached hydrogen (secondary N) is 1. The molecule has 1 saturated carbocycles. The highest BCUT2D eigenvalue weighted by Gasteiger charge is 2.25. The summed E-state index contributed by atoms with van der Waals surface area (Å²) in [6, 6.07) is 3.26. The molecule has 2 aliphatic carbocycles. The number of anilines is 1. The van der Waals surface area contributed by atoms with Gasteiger partial charge in [0, 0.05) is 16.9 Å². The molecule has 2 aromatic heterocycles. The molecule has 0 spiro atoms. The lowest BCUT2D eigenvalue weighted by atomic mass is 10.0. The van der Waals surface area contributed by atoms with Crippen LogP contribution < -0.4 is 10.9 Å². The lowest BCUT2D eigenvalue weighted by molar-refractivity contribution is -0.117. The molecular formula is C16H18N4O2S. The minimum Gasteiger partial charge on any atom is -0.300 e. The van der Waals surface area contributed by atoms with Crippen molar-refractivity contribution in [3.63, 3.8) is 0 Å². The predicted octanol–water partition coefficient (Wildman–Crippen LogP) is 2.09. The molecule has 7 heteroatoms. The molecule has 1 fully saturated rings. The number of rotatable bonds is 4. The summed E-state index contributed by atoms with van der Waals surface area (Å²) >= 11 is 1.55. The van der Waals surface area contributed by atoms with E-state index in [-0.39, 0.29) is 18.0 Å². The van der Waals surface area contributed by atoms with E-state index in [4.69, 9.17) is 0 Å². The van der Waals surface area contributed by atoms with Crippen LogP contribution in [0, 0.1) is 0 Å². The number of aromatic nitrogens is 3. The normalized spacial score (nSPS) is 16.9. The highest BCUT2D eigenvalue weighted by atomic mass is 32.1. The van der Waals surface area contributed by atoms with Gasteiger partial charge in [-0.2, -0.15) is 5.10 Å². The third-order valence-corrected chi connectivity index (χ3v) is 5.34. The summed E-state index contributed by atoms with van der Waals surface area (Å²) in [5.41, 5.74) is 1.77. The molecule has 0 radical (unpaired) electrons. The number of nitrogens with zero attached hydrogens (tertiary/aromatic N) is 3. The van der Waals surface area contributed by atoms with Crippen LogP contribution in [-0.2, 0) is 24.2 Å². The van der Waals surface area contributed by atoms with Gasteiger partial charge in [-0.05, 0) is 44.6 Å². The van der Waals surface area contributed by atoms with E-state index in [1.54, 1.807) is 17.4 Å². The maximum absolute atomic E-state index is 12.2. The second kappa shape index (κ2) is 5.88. The largest absolute Gasteiger partial charge is 0.300 e. The summed E-state index contributed by atoms with van der Waals surface area (Å²) < 4.78 is 1.25.